The van der Waals surface area contributed by atoms with Gasteiger partial charge in [-0.1, -0.05) is 0 Å². The Hall–Kier alpha value is -1.69. The molecule has 3 N–H and O–H groups in total. The van der Waals surface area contributed by atoms with Crippen LogP contribution in [0.1, 0.15) is 0 Å². The smallest absolute Gasteiger partial charge is 0.251 e. The van der Waals surface area contributed by atoms with Crippen LogP contribution in [0.25, 0.3) is 0 Å². The molecule has 0 radical (unpaired) electrons. The number of nitrogens with zero attached hydrogens (tertiary/aromatic N) is 3. The molecule has 0 heterocycles. The summed E-state index contributed by atoms with van der Waals surface area (Å²) >= 11 is 0. The van der Waals surface area contributed by atoms with E-state index < -0.39 is 37.3 Å². The zero-order valence-electron chi connectivity index (χ0n) is 9.13. The standard InChI is InChI=1S/C10H13N3O4/c11-1-9(2-12,3-13)7-17-8-10(4-14,5-15)6-16/h14-16H,4-8H2. The Morgan fingerprint density at radius 3 is 1.53 bits per heavy atom. The van der Waals surface area contributed by atoms with Gasteiger partial charge in [-0.2, -0.15) is 15.8 Å². The van der Waals surface area contributed by atoms with E-state index in [1.807, 2.05) is 0 Å². The molecule has 0 aliphatic carbocycles. The molecule has 92 valence electrons. The van der Waals surface area contributed by atoms with E-state index in [4.69, 9.17) is 35.8 Å². The van der Waals surface area contributed by atoms with Crippen LogP contribution in [0, 0.1) is 44.8 Å². The van der Waals surface area contributed by atoms with Crippen LogP contribution in [0.5, 0.6) is 0 Å². The van der Waals surface area contributed by atoms with Crippen molar-refractivity contribution in [2.24, 2.45) is 10.8 Å². The van der Waals surface area contributed by atoms with Crippen LogP contribution in [0.4, 0.5) is 0 Å². The molecule has 0 atom stereocenters. The van der Waals surface area contributed by atoms with E-state index in [-0.39, 0.29) is 6.61 Å². The van der Waals surface area contributed by atoms with Crippen LogP contribution in [0.2, 0.25) is 0 Å². The molecule has 7 nitrogen and oxygen atoms in total. The fourth-order valence-corrected chi connectivity index (χ4v) is 0.879. The molecule has 0 rings (SSSR count). The van der Waals surface area contributed by atoms with Crippen molar-refractivity contribution in [1.29, 1.82) is 15.8 Å². The number of hydrogen-bond acceptors (Lipinski definition) is 7. The van der Waals surface area contributed by atoms with E-state index >= 15 is 0 Å². The van der Waals surface area contributed by atoms with Crippen molar-refractivity contribution < 1.29 is 20.1 Å². The monoisotopic (exact) mass is 239 g/mol. The molecule has 0 aliphatic rings. The summed E-state index contributed by atoms with van der Waals surface area (Å²) in [5.41, 5.74) is -3.15. The van der Waals surface area contributed by atoms with Gasteiger partial charge in [0.25, 0.3) is 5.41 Å². The summed E-state index contributed by atoms with van der Waals surface area (Å²) in [5, 5.41) is 52.9. The summed E-state index contributed by atoms with van der Waals surface area (Å²) in [6.45, 7) is -2.28. The molecule has 0 fully saturated rings. The third kappa shape index (κ3) is 3.67. The lowest BCUT2D eigenvalue weighted by molar-refractivity contribution is -0.0623. The third-order valence-electron chi connectivity index (χ3n) is 2.31. The topological polar surface area (TPSA) is 141 Å². The second kappa shape index (κ2) is 6.80. The molecule has 0 saturated heterocycles. The fraction of sp³-hybridized carbons (Fsp3) is 0.700. The minimum absolute atomic E-state index is 0.261. The van der Waals surface area contributed by atoms with Crippen molar-refractivity contribution in [3.8, 4) is 18.2 Å². The first kappa shape index (κ1) is 15.3. The maximum Gasteiger partial charge on any atom is 0.251 e. The van der Waals surface area contributed by atoms with Crippen LogP contribution in [0.15, 0.2) is 0 Å². The van der Waals surface area contributed by atoms with Crippen molar-refractivity contribution >= 4 is 0 Å². The molecule has 0 aromatic carbocycles. The highest BCUT2D eigenvalue weighted by Gasteiger charge is 2.34. The largest absolute Gasteiger partial charge is 0.396 e. The van der Waals surface area contributed by atoms with E-state index in [1.165, 1.54) is 18.2 Å². The van der Waals surface area contributed by atoms with Gasteiger partial charge in [-0.05, 0) is 0 Å². The zero-order chi connectivity index (χ0) is 13.4. The Morgan fingerprint density at radius 2 is 1.24 bits per heavy atom. The average molecular weight is 239 g/mol. The lowest BCUT2D eigenvalue weighted by atomic mass is 9.92. The van der Waals surface area contributed by atoms with Gasteiger partial charge in [0.05, 0.1) is 38.4 Å². The van der Waals surface area contributed by atoms with Crippen LogP contribution in [-0.2, 0) is 4.74 Å². The number of rotatable bonds is 7. The predicted molar refractivity (Wildman–Crippen MR) is 53.8 cm³/mol. The van der Waals surface area contributed by atoms with Crippen molar-refractivity contribution in [2.75, 3.05) is 33.0 Å². The quantitative estimate of drug-likeness (QED) is 0.492. The highest BCUT2D eigenvalue weighted by molar-refractivity contribution is 5.25. The molecular weight excluding hydrogens is 226 g/mol. The first-order valence-electron chi connectivity index (χ1n) is 4.71. The van der Waals surface area contributed by atoms with Crippen LogP contribution in [-0.4, -0.2) is 48.4 Å². The summed E-state index contributed by atoms with van der Waals surface area (Å²) in [5.74, 6) is 0. The number of ether oxygens (including phenoxy) is 1. The number of hydrogen-bond donors (Lipinski definition) is 3. The maximum absolute atomic E-state index is 8.98. The number of aliphatic hydroxyl groups excluding tert-OH is 3. The zero-order valence-corrected chi connectivity index (χ0v) is 9.13. The molecular formula is C10H13N3O4. The first-order valence-corrected chi connectivity index (χ1v) is 4.71. The lowest BCUT2D eigenvalue weighted by Crippen LogP contribution is -2.39. The van der Waals surface area contributed by atoms with Crippen molar-refractivity contribution in [1.82, 2.24) is 0 Å². The van der Waals surface area contributed by atoms with Gasteiger partial charge >= 0.3 is 0 Å². The van der Waals surface area contributed by atoms with E-state index in [2.05, 4.69) is 0 Å². The Bertz CT molecular complexity index is 315. The summed E-state index contributed by atoms with van der Waals surface area (Å²) < 4.78 is 4.96. The molecule has 0 unspecified atom stereocenters. The van der Waals surface area contributed by atoms with Crippen LogP contribution < -0.4 is 0 Å². The second-order valence-electron chi connectivity index (χ2n) is 3.71. The molecule has 0 spiro atoms. The number of aliphatic hydroxyl groups is 3. The van der Waals surface area contributed by atoms with E-state index in [0.717, 1.165) is 0 Å². The van der Waals surface area contributed by atoms with Gasteiger partial charge in [-0.3, -0.25) is 0 Å². The molecule has 0 bridgehead atoms. The van der Waals surface area contributed by atoms with Gasteiger partial charge in [0.1, 0.15) is 18.2 Å². The van der Waals surface area contributed by atoms with Crippen LogP contribution >= 0.6 is 0 Å². The lowest BCUT2D eigenvalue weighted by Gasteiger charge is -2.27. The summed E-state index contributed by atoms with van der Waals surface area (Å²) in [4.78, 5) is 0. The number of nitriles is 3. The molecule has 0 aliphatic heterocycles. The van der Waals surface area contributed by atoms with Crippen LogP contribution in [0.3, 0.4) is 0 Å². The Kier molecular flexibility index (Phi) is 6.12. The Balaban J connectivity index is 4.48. The maximum atomic E-state index is 8.98. The van der Waals surface area contributed by atoms with E-state index in [1.54, 1.807) is 0 Å². The highest BCUT2D eigenvalue weighted by Crippen LogP contribution is 2.19. The van der Waals surface area contributed by atoms with Gasteiger partial charge in [0, 0.05) is 0 Å². The van der Waals surface area contributed by atoms with Gasteiger partial charge in [-0.25, -0.2) is 0 Å². The first-order chi connectivity index (χ1) is 8.07. The molecule has 0 amide bonds. The molecule has 17 heavy (non-hydrogen) atoms. The molecule has 0 aromatic rings. The van der Waals surface area contributed by atoms with Crippen molar-refractivity contribution in [3.05, 3.63) is 0 Å². The summed E-state index contributed by atoms with van der Waals surface area (Å²) in [6.07, 6.45) is 0. The van der Waals surface area contributed by atoms with Crippen molar-refractivity contribution in [3.63, 3.8) is 0 Å². The third-order valence-corrected chi connectivity index (χ3v) is 2.31. The molecule has 0 aromatic heterocycles. The average Bonchev–Trinajstić information content (AvgIpc) is 2.41. The molecule has 0 saturated carbocycles. The Morgan fingerprint density at radius 1 is 0.824 bits per heavy atom. The minimum Gasteiger partial charge on any atom is -0.396 e. The Labute approximate surface area is 98.7 Å². The van der Waals surface area contributed by atoms with Gasteiger partial charge in [0.15, 0.2) is 0 Å². The molecule has 7 heteroatoms. The van der Waals surface area contributed by atoms with Gasteiger partial charge < -0.3 is 20.1 Å². The predicted octanol–water partition coefficient (Wildman–Crippen LogP) is -1.48. The van der Waals surface area contributed by atoms with E-state index in [0.29, 0.717) is 0 Å². The fourth-order valence-electron chi connectivity index (χ4n) is 0.879. The van der Waals surface area contributed by atoms with Crippen molar-refractivity contribution in [2.45, 2.75) is 0 Å². The SMILES string of the molecule is N#CC(C#N)(C#N)COCC(CO)(CO)CO. The second-order valence-corrected chi connectivity index (χ2v) is 3.71. The van der Waals surface area contributed by atoms with Gasteiger partial charge in [-0.15, -0.1) is 0 Å². The summed E-state index contributed by atoms with van der Waals surface area (Å²) in [6, 6.07) is 4.56. The van der Waals surface area contributed by atoms with E-state index in [9.17, 15) is 0 Å². The highest BCUT2D eigenvalue weighted by atomic mass is 16.5. The van der Waals surface area contributed by atoms with Gasteiger partial charge in [0.2, 0.25) is 0 Å². The minimum atomic E-state index is -1.91. The summed E-state index contributed by atoms with van der Waals surface area (Å²) in [7, 11) is 0. The normalized spacial score (nSPS) is 11.3.